The SMILES string of the molecule is COc1ccc(NC(=O)CCl)cc1S(=O)(=O)N1CCOCC1. The highest BCUT2D eigenvalue weighted by Gasteiger charge is 2.29. The van der Waals surface area contributed by atoms with Crippen LogP contribution in [0.25, 0.3) is 0 Å². The topological polar surface area (TPSA) is 84.9 Å². The van der Waals surface area contributed by atoms with E-state index in [1.807, 2.05) is 0 Å². The maximum absolute atomic E-state index is 12.7. The second-order valence-electron chi connectivity index (χ2n) is 4.56. The Kier molecular flexibility index (Phi) is 5.63. The second kappa shape index (κ2) is 7.28. The molecule has 0 saturated carbocycles. The molecule has 1 saturated heterocycles. The number of benzene rings is 1. The third-order valence-electron chi connectivity index (χ3n) is 3.16. The van der Waals surface area contributed by atoms with Crippen LogP contribution in [0.2, 0.25) is 0 Å². The molecular weight excluding hydrogens is 332 g/mol. The van der Waals surface area contributed by atoms with Crippen LogP contribution >= 0.6 is 11.6 Å². The van der Waals surface area contributed by atoms with Gasteiger partial charge in [-0.2, -0.15) is 4.31 Å². The minimum atomic E-state index is -3.73. The van der Waals surface area contributed by atoms with Crippen molar-refractivity contribution in [2.24, 2.45) is 0 Å². The van der Waals surface area contributed by atoms with Crippen LogP contribution in [0.15, 0.2) is 23.1 Å². The summed E-state index contributed by atoms with van der Waals surface area (Å²) in [7, 11) is -2.33. The molecule has 22 heavy (non-hydrogen) atoms. The number of hydrogen-bond donors (Lipinski definition) is 1. The fourth-order valence-electron chi connectivity index (χ4n) is 2.08. The van der Waals surface area contributed by atoms with Gasteiger partial charge in [0.05, 0.1) is 20.3 Å². The van der Waals surface area contributed by atoms with Gasteiger partial charge in [0.15, 0.2) is 0 Å². The van der Waals surface area contributed by atoms with Gasteiger partial charge in [-0.05, 0) is 18.2 Å². The van der Waals surface area contributed by atoms with Gasteiger partial charge in [0.1, 0.15) is 16.5 Å². The molecule has 2 rings (SSSR count). The van der Waals surface area contributed by atoms with Crippen molar-refractivity contribution >= 4 is 33.2 Å². The van der Waals surface area contributed by atoms with Gasteiger partial charge in [-0.3, -0.25) is 4.79 Å². The van der Waals surface area contributed by atoms with Crippen LogP contribution in [-0.2, 0) is 19.6 Å². The number of methoxy groups -OCH3 is 1. The molecule has 1 aliphatic heterocycles. The highest BCUT2D eigenvalue weighted by molar-refractivity contribution is 7.89. The Bertz CT molecular complexity index is 644. The van der Waals surface area contributed by atoms with Gasteiger partial charge in [-0.25, -0.2) is 8.42 Å². The number of morpholine rings is 1. The summed E-state index contributed by atoms with van der Waals surface area (Å²) < 4.78 is 37.1. The number of ether oxygens (including phenoxy) is 2. The lowest BCUT2D eigenvalue weighted by Gasteiger charge is -2.26. The summed E-state index contributed by atoms with van der Waals surface area (Å²) in [5, 5.41) is 2.52. The molecule has 1 amide bonds. The van der Waals surface area contributed by atoms with Crippen LogP contribution in [0, 0.1) is 0 Å². The van der Waals surface area contributed by atoms with Gasteiger partial charge >= 0.3 is 0 Å². The van der Waals surface area contributed by atoms with Crippen LogP contribution in [-0.4, -0.2) is 57.9 Å². The fraction of sp³-hybridized carbons (Fsp3) is 0.462. The predicted octanol–water partition coefficient (Wildman–Crippen LogP) is 0.893. The Balaban J connectivity index is 2.38. The maximum Gasteiger partial charge on any atom is 0.246 e. The number of carbonyl (C=O) groups is 1. The third kappa shape index (κ3) is 3.70. The van der Waals surface area contributed by atoms with Crippen molar-refractivity contribution in [1.82, 2.24) is 4.31 Å². The average Bonchev–Trinajstić information content (AvgIpc) is 2.55. The molecule has 1 aromatic rings. The minimum Gasteiger partial charge on any atom is -0.495 e. The van der Waals surface area contributed by atoms with E-state index in [-0.39, 0.29) is 29.6 Å². The Morgan fingerprint density at radius 3 is 2.68 bits per heavy atom. The molecule has 1 heterocycles. The molecule has 0 spiro atoms. The van der Waals surface area contributed by atoms with Gasteiger partial charge < -0.3 is 14.8 Å². The number of nitrogens with one attached hydrogen (secondary N) is 1. The number of carbonyl (C=O) groups excluding carboxylic acids is 1. The van der Waals surface area contributed by atoms with Gasteiger partial charge in [0, 0.05) is 18.8 Å². The Morgan fingerprint density at radius 1 is 1.41 bits per heavy atom. The number of anilines is 1. The van der Waals surface area contributed by atoms with Gasteiger partial charge in [0.2, 0.25) is 15.9 Å². The zero-order valence-corrected chi connectivity index (χ0v) is 13.6. The maximum atomic E-state index is 12.7. The predicted molar refractivity (Wildman–Crippen MR) is 81.9 cm³/mol. The number of nitrogens with zero attached hydrogens (tertiary/aromatic N) is 1. The molecular formula is C13H17ClN2O5S. The normalized spacial score (nSPS) is 16.3. The van der Waals surface area contributed by atoms with E-state index in [0.717, 1.165) is 0 Å². The first-order valence-electron chi connectivity index (χ1n) is 6.61. The third-order valence-corrected chi connectivity index (χ3v) is 5.32. The Hall–Kier alpha value is -1.35. The van der Waals surface area contributed by atoms with Crippen LogP contribution in [0.3, 0.4) is 0 Å². The number of sulfonamides is 1. The molecule has 0 atom stereocenters. The summed E-state index contributed by atoms with van der Waals surface area (Å²) in [6.45, 7) is 1.27. The lowest BCUT2D eigenvalue weighted by molar-refractivity contribution is -0.113. The smallest absolute Gasteiger partial charge is 0.246 e. The molecule has 0 unspecified atom stereocenters. The Morgan fingerprint density at radius 2 is 2.09 bits per heavy atom. The van der Waals surface area contributed by atoms with Gasteiger partial charge in [-0.15, -0.1) is 11.6 Å². The molecule has 0 aromatic heterocycles. The second-order valence-corrected chi connectivity index (χ2v) is 6.74. The highest BCUT2D eigenvalue weighted by Crippen LogP contribution is 2.30. The monoisotopic (exact) mass is 348 g/mol. The van der Waals surface area contributed by atoms with Crippen molar-refractivity contribution in [2.75, 3.05) is 44.6 Å². The molecule has 9 heteroatoms. The number of rotatable bonds is 5. The zero-order chi connectivity index (χ0) is 16.2. The fourth-order valence-corrected chi connectivity index (χ4v) is 3.73. The van der Waals surface area contributed by atoms with Crippen molar-refractivity contribution in [2.45, 2.75) is 4.90 Å². The largest absolute Gasteiger partial charge is 0.495 e. The number of hydrogen-bond acceptors (Lipinski definition) is 5. The first-order chi connectivity index (χ1) is 10.5. The van der Waals surface area contributed by atoms with E-state index in [0.29, 0.717) is 18.9 Å². The molecule has 1 N–H and O–H groups in total. The summed E-state index contributed by atoms with van der Waals surface area (Å²) in [5.41, 5.74) is 0.346. The van der Waals surface area contributed by atoms with E-state index in [9.17, 15) is 13.2 Å². The molecule has 122 valence electrons. The van der Waals surface area contributed by atoms with Crippen LogP contribution in [0.5, 0.6) is 5.75 Å². The van der Waals surface area contributed by atoms with Crippen molar-refractivity contribution < 1.29 is 22.7 Å². The summed E-state index contributed by atoms with van der Waals surface area (Å²) >= 11 is 5.43. The molecule has 1 aromatic carbocycles. The number of alkyl halides is 1. The number of halogens is 1. The van der Waals surface area contributed by atoms with Gasteiger partial charge in [-0.1, -0.05) is 0 Å². The summed E-state index contributed by atoms with van der Waals surface area (Å²) in [4.78, 5) is 11.4. The van der Waals surface area contributed by atoms with E-state index in [1.165, 1.54) is 23.5 Å². The minimum absolute atomic E-state index is 0.00396. The molecule has 0 aliphatic carbocycles. The highest BCUT2D eigenvalue weighted by atomic mass is 35.5. The van der Waals surface area contributed by atoms with E-state index in [2.05, 4.69) is 5.32 Å². The summed E-state index contributed by atoms with van der Waals surface area (Å²) in [6, 6.07) is 4.42. The van der Waals surface area contributed by atoms with Crippen LogP contribution in [0.1, 0.15) is 0 Å². The first kappa shape index (κ1) is 17.0. The van der Waals surface area contributed by atoms with E-state index in [1.54, 1.807) is 6.07 Å². The van der Waals surface area contributed by atoms with E-state index >= 15 is 0 Å². The molecule has 0 bridgehead atoms. The van der Waals surface area contributed by atoms with Crippen molar-refractivity contribution in [3.8, 4) is 5.75 Å². The van der Waals surface area contributed by atoms with Crippen molar-refractivity contribution in [3.63, 3.8) is 0 Å². The molecule has 7 nitrogen and oxygen atoms in total. The Labute approximate surface area is 134 Å². The van der Waals surface area contributed by atoms with Crippen LogP contribution in [0.4, 0.5) is 5.69 Å². The van der Waals surface area contributed by atoms with Crippen LogP contribution < -0.4 is 10.1 Å². The standard InChI is InChI=1S/C13H17ClN2O5S/c1-20-11-3-2-10(15-13(17)9-14)8-12(11)22(18,19)16-4-6-21-7-5-16/h2-3,8H,4-7,9H2,1H3,(H,15,17). The first-order valence-corrected chi connectivity index (χ1v) is 8.58. The van der Waals surface area contributed by atoms with E-state index in [4.69, 9.17) is 21.1 Å². The van der Waals surface area contributed by atoms with E-state index < -0.39 is 15.9 Å². The summed E-state index contributed by atoms with van der Waals surface area (Å²) in [6.07, 6.45) is 0. The summed E-state index contributed by atoms with van der Waals surface area (Å²) in [5.74, 6) is -0.408. The lowest BCUT2D eigenvalue weighted by Crippen LogP contribution is -2.40. The number of amides is 1. The zero-order valence-electron chi connectivity index (χ0n) is 12.0. The quantitative estimate of drug-likeness (QED) is 0.799. The average molecular weight is 349 g/mol. The molecule has 0 radical (unpaired) electrons. The molecule has 1 aliphatic rings. The molecule has 1 fully saturated rings. The van der Waals surface area contributed by atoms with Crippen molar-refractivity contribution in [3.05, 3.63) is 18.2 Å². The van der Waals surface area contributed by atoms with Crippen molar-refractivity contribution in [1.29, 1.82) is 0 Å². The lowest BCUT2D eigenvalue weighted by atomic mass is 10.3. The van der Waals surface area contributed by atoms with Gasteiger partial charge in [0.25, 0.3) is 0 Å².